The maximum atomic E-state index is 5.93. The number of nitrogens with one attached hydrogen (secondary N) is 1. The third kappa shape index (κ3) is 3.88. The number of benzene rings is 1. The second-order valence-electron chi connectivity index (χ2n) is 6.91. The Morgan fingerprint density at radius 3 is 2.85 bits per heavy atom. The number of aryl methyl sites for hydroxylation is 1. The minimum atomic E-state index is 0.306. The van der Waals surface area contributed by atoms with Crippen molar-refractivity contribution in [1.82, 2.24) is 25.0 Å². The van der Waals surface area contributed by atoms with Gasteiger partial charge in [0.2, 0.25) is 5.13 Å². The molecule has 1 N–H and O–H groups in total. The molecule has 4 rings (SSSR count). The Hall–Kier alpha value is -1.99. The van der Waals surface area contributed by atoms with Crippen LogP contribution >= 0.6 is 22.9 Å². The van der Waals surface area contributed by atoms with Crippen LogP contribution in [0.25, 0.3) is 0 Å². The molecule has 1 aromatic carbocycles. The van der Waals surface area contributed by atoms with E-state index in [0.29, 0.717) is 12.0 Å². The first-order valence-corrected chi connectivity index (χ1v) is 10.0. The van der Waals surface area contributed by atoms with Crippen LogP contribution in [0.15, 0.2) is 24.3 Å². The summed E-state index contributed by atoms with van der Waals surface area (Å²) in [6.07, 6.45) is 2.74. The largest absolute Gasteiger partial charge is 0.355 e. The molecule has 136 valence electrons. The SMILES string of the molecule is CC(C)c1nc2n(n1)CC(Nc1nnc(Cc3ccc(Cl)cc3)s1)CC2. The number of fused-ring (bicyclic) bond motifs is 1. The first-order valence-electron chi connectivity index (χ1n) is 8.84. The fraction of sp³-hybridized carbons (Fsp3) is 0.444. The van der Waals surface area contributed by atoms with Gasteiger partial charge in [0.15, 0.2) is 5.82 Å². The second kappa shape index (κ2) is 7.32. The first-order chi connectivity index (χ1) is 12.6. The van der Waals surface area contributed by atoms with Crippen molar-refractivity contribution in [2.24, 2.45) is 0 Å². The van der Waals surface area contributed by atoms with Gasteiger partial charge in [-0.1, -0.05) is 48.9 Å². The summed E-state index contributed by atoms with van der Waals surface area (Å²) in [7, 11) is 0. The van der Waals surface area contributed by atoms with Crippen molar-refractivity contribution in [2.45, 2.75) is 51.6 Å². The van der Waals surface area contributed by atoms with Crippen molar-refractivity contribution < 1.29 is 0 Å². The molecule has 0 aliphatic carbocycles. The van der Waals surface area contributed by atoms with Crippen LogP contribution in [0, 0.1) is 0 Å². The molecule has 1 atom stereocenters. The van der Waals surface area contributed by atoms with Crippen molar-refractivity contribution >= 4 is 28.1 Å². The summed E-state index contributed by atoms with van der Waals surface area (Å²) in [5.41, 5.74) is 1.18. The van der Waals surface area contributed by atoms with Crippen molar-refractivity contribution in [3.8, 4) is 0 Å². The zero-order chi connectivity index (χ0) is 18.1. The normalized spacial score (nSPS) is 16.7. The van der Waals surface area contributed by atoms with Crippen LogP contribution in [0.2, 0.25) is 5.02 Å². The van der Waals surface area contributed by atoms with Crippen molar-refractivity contribution in [3.63, 3.8) is 0 Å². The molecule has 0 fully saturated rings. The standard InChI is InChI=1S/C18H21ClN6S/c1-11(2)17-21-15-8-7-14(10-25(15)24-17)20-18-23-22-16(26-18)9-12-3-5-13(19)6-4-12/h3-6,11,14H,7-10H2,1-2H3,(H,20,23). The Morgan fingerprint density at radius 1 is 1.27 bits per heavy atom. The molecule has 0 radical (unpaired) electrons. The predicted octanol–water partition coefficient (Wildman–Crippen LogP) is 3.92. The van der Waals surface area contributed by atoms with E-state index in [1.54, 1.807) is 11.3 Å². The van der Waals surface area contributed by atoms with Crippen LogP contribution in [0.5, 0.6) is 0 Å². The highest BCUT2D eigenvalue weighted by Crippen LogP contribution is 2.23. The zero-order valence-electron chi connectivity index (χ0n) is 14.8. The fourth-order valence-electron chi connectivity index (χ4n) is 3.03. The van der Waals surface area contributed by atoms with Gasteiger partial charge in [0.25, 0.3) is 0 Å². The van der Waals surface area contributed by atoms with Crippen molar-refractivity contribution in [2.75, 3.05) is 5.32 Å². The summed E-state index contributed by atoms with van der Waals surface area (Å²) in [4.78, 5) is 4.64. The highest BCUT2D eigenvalue weighted by molar-refractivity contribution is 7.15. The molecule has 0 bridgehead atoms. The number of halogens is 1. The lowest BCUT2D eigenvalue weighted by Gasteiger charge is -2.22. The van der Waals surface area contributed by atoms with E-state index < -0.39 is 0 Å². The van der Waals surface area contributed by atoms with E-state index in [1.165, 1.54) is 5.56 Å². The van der Waals surface area contributed by atoms with E-state index in [-0.39, 0.29) is 0 Å². The van der Waals surface area contributed by atoms with Gasteiger partial charge in [-0.15, -0.1) is 10.2 Å². The van der Waals surface area contributed by atoms with Crippen LogP contribution in [0.4, 0.5) is 5.13 Å². The van der Waals surface area contributed by atoms with Gasteiger partial charge in [-0.2, -0.15) is 5.10 Å². The molecule has 0 amide bonds. The number of rotatable bonds is 5. The molecule has 26 heavy (non-hydrogen) atoms. The van der Waals surface area contributed by atoms with Gasteiger partial charge in [-0.3, -0.25) is 0 Å². The molecule has 0 saturated heterocycles. The maximum absolute atomic E-state index is 5.93. The lowest BCUT2D eigenvalue weighted by Crippen LogP contribution is -2.31. The molecule has 0 saturated carbocycles. The number of hydrogen-bond acceptors (Lipinski definition) is 6. The summed E-state index contributed by atoms with van der Waals surface area (Å²) >= 11 is 7.54. The van der Waals surface area contributed by atoms with E-state index in [2.05, 4.69) is 39.4 Å². The number of anilines is 1. The highest BCUT2D eigenvalue weighted by Gasteiger charge is 2.23. The van der Waals surface area contributed by atoms with Crippen molar-refractivity contribution in [1.29, 1.82) is 0 Å². The van der Waals surface area contributed by atoms with Crippen LogP contribution in [-0.2, 0) is 19.4 Å². The summed E-state index contributed by atoms with van der Waals surface area (Å²) < 4.78 is 2.03. The van der Waals surface area contributed by atoms with Gasteiger partial charge in [-0.25, -0.2) is 9.67 Å². The highest BCUT2D eigenvalue weighted by atomic mass is 35.5. The van der Waals surface area contributed by atoms with Crippen LogP contribution in [0.3, 0.4) is 0 Å². The predicted molar refractivity (Wildman–Crippen MR) is 104 cm³/mol. The maximum Gasteiger partial charge on any atom is 0.205 e. The number of aromatic nitrogens is 5. The van der Waals surface area contributed by atoms with Crippen LogP contribution in [-0.4, -0.2) is 31.0 Å². The van der Waals surface area contributed by atoms with Gasteiger partial charge < -0.3 is 5.32 Å². The third-order valence-electron chi connectivity index (χ3n) is 4.45. The lowest BCUT2D eigenvalue weighted by molar-refractivity contribution is 0.439. The van der Waals surface area contributed by atoms with Gasteiger partial charge in [0.1, 0.15) is 10.8 Å². The monoisotopic (exact) mass is 388 g/mol. The minimum Gasteiger partial charge on any atom is -0.355 e. The number of nitrogens with zero attached hydrogens (tertiary/aromatic N) is 5. The molecular weight excluding hydrogens is 368 g/mol. The summed E-state index contributed by atoms with van der Waals surface area (Å²) in [5, 5.41) is 19.4. The molecule has 3 heterocycles. The molecule has 1 aliphatic rings. The average Bonchev–Trinajstić information content (AvgIpc) is 3.23. The Labute approximate surface area is 161 Å². The third-order valence-corrected chi connectivity index (χ3v) is 5.56. The molecule has 1 unspecified atom stereocenters. The molecule has 8 heteroatoms. The smallest absolute Gasteiger partial charge is 0.205 e. The Balaban J connectivity index is 1.39. The van der Waals surface area contributed by atoms with Crippen LogP contribution < -0.4 is 5.32 Å². The lowest BCUT2D eigenvalue weighted by atomic mass is 10.1. The molecule has 3 aromatic rings. The quantitative estimate of drug-likeness (QED) is 0.717. The van der Waals surface area contributed by atoms with E-state index in [9.17, 15) is 0 Å². The summed E-state index contributed by atoms with van der Waals surface area (Å²) in [6, 6.07) is 8.16. The van der Waals surface area contributed by atoms with Gasteiger partial charge in [0, 0.05) is 29.8 Å². The van der Waals surface area contributed by atoms with E-state index in [1.807, 2.05) is 28.9 Å². The van der Waals surface area contributed by atoms with E-state index >= 15 is 0 Å². The van der Waals surface area contributed by atoms with Gasteiger partial charge >= 0.3 is 0 Å². The van der Waals surface area contributed by atoms with E-state index in [4.69, 9.17) is 11.6 Å². The van der Waals surface area contributed by atoms with E-state index in [0.717, 1.165) is 52.6 Å². The van der Waals surface area contributed by atoms with Gasteiger partial charge in [0.05, 0.1) is 6.54 Å². The van der Waals surface area contributed by atoms with Gasteiger partial charge in [-0.05, 0) is 24.1 Å². The minimum absolute atomic E-state index is 0.306. The Bertz CT molecular complexity index is 885. The molecule has 2 aromatic heterocycles. The number of hydrogen-bond donors (Lipinski definition) is 1. The summed E-state index contributed by atoms with van der Waals surface area (Å²) in [5.74, 6) is 2.38. The first kappa shape index (κ1) is 17.4. The molecule has 6 nitrogen and oxygen atoms in total. The topological polar surface area (TPSA) is 68.5 Å². The average molecular weight is 389 g/mol. The second-order valence-corrected chi connectivity index (χ2v) is 8.41. The van der Waals surface area contributed by atoms with Crippen LogP contribution in [0.1, 0.15) is 48.4 Å². The fourth-order valence-corrected chi connectivity index (χ4v) is 4.00. The molecular formula is C18H21ClN6S. The zero-order valence-corrected chi connectivity index (χ0v) is 16.4. The molecule has 1 aliphatic heterocycles. The Morgan fingerprint density at radius 2 is 2.08 bits per heavy atom. The Kier molecular flexibility index (Phi) is 4.91. The van der Waals surface area contributed by atoms with Crippen molar-refractivity contribution in [3.05, 3.63) is 51.5 Å². The molecule has 0 spiro atoms. The summed E-state index contributed by atoms with van der Waals surface area (Å²) in [6.45, 7) is 5.07.